The second-order valence-electron chi connectivity index (χ2n) is 3.94. The van der Waals surface area contributed by atoms with Gasteiger partial charge in [-0.15, -0.1) is 0 Å². The molecule has 6 nitrogen and oxygen atoms in total. The zero-order valence-electron chi connectivity index (χ0n) is 10.1. The number of hydrogen-bond donors (Lipinski definition) is 1. The third kappa shape index (κ3) is 2.62. The molecule has 1 atom stereocenters. The van der Waals surface area contributed by atoms with Crippen LogP contribution in [0.1, 0.15) is 17.3 Å². The minimum absolute atomic E-state index is 0.271. The van der Waals surface area contributed by atoms with Gasteiger partial charge in [-0.1, -0.05) is 18.2 Å². The average Bonchev–Trinajstić information content (AvgIpc) is 2.37. The summed E-state index contributed by atoms with van der Waals surface area (Å²) in [5.41, 5.74) is 4.25. The van der Waals surface area contributed by atoms with E-state index in [2.05, 4.69) is 0 Å². The standard InChI is InChI=1S/C13H11NO5/c1-7(11(14)15)18-12(16)9-6-8-4-2-3-5-10(8)19-13(9)17/h2-7H,1H3,(H2,14,15)/t7-/m0/s1. The van der Waals surface area contributed by atoms with Crippen molar-refractivity contribution in [2.75, 3.05) is 0 Å². The van der Waals surface area contributed by atoms with Crippen molar-refractivity contribution in [1.82, 2.24) is 0 Å². The van der Waals surface area contributed by atoms with Crippen molar-refractivity contribution in [3.63, 3.8) is 0 Å². The first-order chi connectivity index (χ1) is 8.99. The summed E-state index contributed by atoms with van der Waals surface area (Å²) in [6.45, 7) is 1.32. The van der Waals surface area contributed by atoms with Crippen LogP contribution in [0.5, 0.6) is 0 Å². The molecule has 1 amide bonds. The predicted octanol–water partition coefficient (Wildman–Crippen LogP) is 0.824. The van der Waals surface area contributed by atoms with Crippen molar-refractivity contribution in [2.24, 2.45) is 5.73 Å². The van der Waals surface area contributed by atoms with Crippen LogP contribution < -0.4 is 11.4 Å². The van der Waals surface area contributed by atoms with Crippen molar-refractivity contribution in [3.8, 4) is 0 Å². The third-order valence-electron chi connectivity index (χ3n) is 2.55. The molecular formula is C13H11NO5. The molecule has 0 bridgehead atoms. The molecule has 2 aromatic rings. The van der Waals surface area contributed by atoms with E-state index in [1.165, 1.54) is 13.0 Å². The van der Waals surface area contributed by atoms with E-state index in [4.69, 9.17) is 14.9 Å². The number of esters is 1. The summed E-state index contributed by atoms with van der Waals surface area (Å²) in [6.07, 6.45) is -1.11. The summed E-state index contributed by atoms with van der Waals surface area (Å²) in [4.78, 5) is 34.2. The molecule has 0 saturated heterocycles. The van der Waals surface area contributed by atoms with E-state index >= 15 is 0 Å². The van der Waals surface area contributed by atoms with Crippen LogP contribution in [0.2, 0.25) is 0 Å². The highest BCUT2D eigenvalue weighted by Gasteiger charge is 2.20. The maximum absolute atomic E-state index is 11.7. The summed E-state index contributed by atoms with van der Waals surface area (Å²) in [5, 5.41) is 0.584. The van der Waals surface area contributed by atoms with Crippen LogP contribution in [0, 0.1) is 0 Å². The predicted molar refractivity (Wildman–Crippen MR) is 66.6 cm³/mol. The van der Waals surface area contributed by atoms with Gasteiger partial charge in [-0.05, 0) is 19.1 Å². The number of carbonyl (C=O) groups excluding carboxylic acids is 2. The molecule has 1 heterocycles. The number of amides is 1. The summed E-state index contributed by atoms with van der Waals surface area (Å²) >= 11 is 0. The number of nitrogens with two attached hydrogens (primary N) is 1. The first-order valence-corrected chi connectivity index (χ1v) is 5.52. The molecule has 0 unspecified atom stereocenters. The van der Waals surface area contributed by atoms with Crippen molar-refractivity contribution >= 4 is 22.8 Å². The zero-order chi connectivity index (χ0) is 14.0. The molecule has 0 spiro atoms. The number of carbonyl (C=O) groups is 2. The summed E-state index contributed by atoms with van der Waals surface area (Å²) < 4.78 is 9.74. The van der Waals surface area contributed by atoms with Gasteiger partial charge in [0.1, 0.15) is 11.1 Å². The lowest BCUT2D eigenvalue weighted by Gasteiger charge is -2.08. The Morgan fingerprint density at radius 1 is 1.32 bits per heavy atom. The molecule has 0 saturated carbocycles. The van der Waals surface area contributed by atoms with Crippen LogP contribution in [-0.4, -0.2) is 18.0 Å². The van der Waals surface area contributed by atoms with E-state index in [9.17, 15) is 14.4 Å². The molecule has 1 aromatic heterocycles. The van der Waals surface area contributed by atoms with Gasteiger partial charge in [-0.2, -0.15) is 0 Å². The lowest BCUT2D eigenvalue weighted by Crippen LogP contribution is -2.31. The van der Waals surface area contributed by atoms with Crippen molar-refractivity contribution in [2.45, 2.75) is 13.0 Å². The van der Waals surface area contributed by atoms with Gasteiger partial charge in [-0.3, -0.25) is 4.79 Å². The molecule has 98 valence electrons. The fourth-order valence-corrected chi connectivity index (χ4v) is 1.49. The Kier molecular flexibility index (Phi) is 3.33. The molecule has 1 aromatic carbocycles. The molecule has 0 radical (unpaired) electrons. The van der Waals surface area contributed by atoms with Crippen LogP contribution in [0.15, 0.2) is 39.5 Å². The molecule has 0 aliphatic heterocycles. The van der Waals surface area contributed by atoms with Crippen LogP contribution in [0.25, 0.3) is 11.0 Å². The second-order valence-corrected chi connectivity index (χ2v) is 3.94. The maximum atomic E-state index is 11.7. The van der Waals surface area contributed by atoms with Gasteiger partial charge >= 0.3 is 11.6 Å². The highest BCUT2D eigenvalue weighted by Crippen LogP contribution is 2.13. The summed E-state index contributed by atoms with van der Waals surface area (Å²) in [7, 11) is 0. The fourth-order valence-electron chi connectivity index (χ4n) is 1.49. The molecule has 0 aliphatic carbocycles. The number of hydrogen-bond acceptors (Lipinski definition) is 5. The number of fused-ring (bicyclic) bond motifs is 1. The van der Waals surface area contributed by atoms with E-state index in [0.717, 1.165) is 0 Å². The number of rotatable bonds is 3. The number of primary amides is 1. The van der Waals surface area contributed by atoms with Crippen LogP contribution in [0.3, 0.4) is 0 Å². The van der Waals surface area contributed by atoms with Gasteiger partial charge < -0.3 is 14.9 Å². The minimum atomic E-state index is -1.11. The van der Waals surface area contributed by atoms with Gasteiger partial charge in [0.15, 0.2) is 6.10 Å². The van der Waals surface area contributed by atoms with Gasteiger partial charge in [-0.25, -0.2) is 9.59 Å². The highest BCUT2D eigenvalue weighted by atomic mass is 16.5. The largest absolute Gasteiger partial charge is 0.449 e. The monoisotopic (exact) mass is 261 g/mol. The number of benzene rings is 1. The maximum Gasteiger partial charge on any atom is 0.351 e. The minimum Gasteiger partial charge on any atom is -0.449 e. The quantitative estimate of drug-likeness (QED) is 0.651. The Hall–Kier alpha value is -2.63. The lowest BCUT2D eigenvalue weighted by atomic mass is 10.2. The first kappa shape index (κ1) is 12.8. The van der Waals surface area contributed by atoms with Crippen molar-refractivity contribution in [3.05, 3.63) is 46.3 Å². The Bertz CT molecular complexity index is 703. The number of para-hydroxylation sites is 1. The van der Waals surface area contributed by atoms with Crippen molar-refractivity contribution < 1.29 is 18.7 Å². The molecule has 0 aliphatic rings. The third-order valence-corrected chi connectivity index (χ3v) is 2.55. The van der Waals surface area contributed by atoms with Gasteiger partial charge in [0.05, 0.1) is 0 Å². The topological polar surface area (TPSA) is 99.6 Å². The van der Waals surface area contributed by atoms with Crippen LogP contribution >= 0.6 is 0 Å². The van der Waals surface area contributed by atoms with E-state index in [1.54, 1.807) is 24.3 Å². The molecule has 2 rings (SSSR count). The lowest BCUT2D eigenvalue weighted by molar-refractivity contribution is -0.125. The van der Waals surface area contributed by atoms with E-state index in [1.807, 2.05) is 0 Å². The number of ether oxygens (including phenoxy) is 1. The van der Waals surface area contributed by atoms with Gasteiger partial charge in [0.25, 0.3) is 5.91 Å². The Morgan fingerprint density at radius 3 is 2.68 bits per heavy atom. The molecule has 19 heavy (non-hydrogen) atoms. The van der Waals surface area contributed by atoms with Crippen LogP contribution in [-0.2, 0) is 9.53 Å². The first-order valence-electron chi connectivity index (χ1n) is 5.52. The van der Waals surface area contributed by atoms with Gasteiger partial charge in [0, 0.05) is 5.39 Å². The van der Waals surface area contributed by atoms with Gasteiger partial charge in [0.2, 0.25) is 0 Å². The fraction of sp³-hybridized carbons (Fsp3) is 0.154. The van der Waals surface area contributed by atoms with Crippen LogP contribution in [0.4, 0.5) is 0 Å². The SMILES string of the molecule is C[C@H](OC(=O)c1cc2ccccc2oc1=O)C(N)=O. The zero-order valence-corrected chi connectivity index (χ0v) is 10.1. The smallest absolute Gasteiger partial charge is 0.351 e. The molecule has 6 heteroatoms. The van der Waals surface area contributed by atoms with Crippen molar-refractivity contribution in [1.29, 1.82) is 0 Å². The molecular weight excluding hydrogens is 250 g/mol. The highest BCUT2D eigenvalue weighted by molar-refractivity contribution is 5.94. The second kappa shape index (κ2) is 4.93. The normalized spacial score (nSPS) is 12.1. The molecule has 2 N–H and O–H groups in total. The summed E-state index contributed by atoms with van der Waals surface area (Å²) in [6, 6.07) is 8.10. The Morgan fingerprint density at radius 2 is 2.00 bits per heavy atom. The van der Waals surface area contributed by atoms with E-state index in [-0.39, 0.29) is 5.56 Å². The average molecular weight is 261 g/mol. The Balaban J connectivity index is 2.39. The van der Waals surface area contributed by atoms with E-state index in [0.29, 0.717) is 11.0 Å². The van der Waals surface area contributed by atoms with E-state index < -0.39 is 23.6 Å². The Labute approximate surface area is 107 Å². The summed E-state index contributed by atoms with van der Waals surface area (Å²) in [5.74, 6) is -1.73. The molecule has 0 fully saturated rings.